The fourth-order valence-corrected chi connectivity index (χ4v) is 3.17. The van der Waals surface area contributed by atoms with Gasteiger partial charge in [0, 0.05) is 25.4 Å². The van der Waals surface area contributed by atoms with Crippen molar-refractivity contribution in [3.63, 3.8) is 0 Å². The van der Waals surface area contributed by atoms with Crippen molar-refractivity contribution >= 4 is 5.91 Å². The molecule has 0 unspecified atom stereocenters. The summed E-state index contributed by atoms with van der Waals surface area (Å²) in [6, 6.07) is 7.73. The van der Waals surface area contributed by atoms with E-state index < -0.39 is 0 Å². The van der Waals surface area contributed by atoms with Crippen molar-refractivity contribution in [1.82, 2.24) is 20.1 Å². The predicted molar refractivity (Wildman–Crippen MR) is 89.7 cm³/mol. The highest BCUT2D eigenvalue weighted by atomic mass is 16.1. The number of carbonyl (C=O) groups is 1. The molecule has 1 fully saturated rings. The van der Waals surface area contributed by atoms with Gasteiger partial charge in [0.15, 0.2) is 0 Å². The van der Waals surface area contributed by atoms with Gasteiger partial charge in [-0.25, -0.2) is 0 Å². The summed E-state index contributed by atoms with van der Waals surface area (Å²) in [5, 5.41) is 7.48. The Morgan fingerprint density at radius 2 is 2.09 bits per heavy atom. The molecule has 1 aliphatic rings. The van der Waals surface area contributed by atoms with Crippen LogP contribution in [-0.4, -0.2) is 27.2 Å². The number of pyridine rings is 1. The van der Waals surface area contributed by atoms with Gasteiger partial charge in [-0.1, -0.05) is 31.7 Å². The first-order chi connectivity index (χ1) is 11.3. The first-order valence-electron chi connectivity index (χ1n) is 8.53. The van der Waals surface area contributed by atoms with Crippen molar-refractivity contribution < 1.29 is 4.79 Å². The van der Waals surface area contributed by atoms with E-state index in [1.54, 1.807) is 6.20 Å². The molecule has 0 atom stereocenters. The topological polar surface area (TPSA) is 59.8 Å². The summed E-state index contributed by atoms with van der Waals surface area (Å²) in [6.45, 7) is 1.30. The molecule has 0 saturated heterocycles. The van der Waals surface area contributed by atoms with E-state index >= 15 is 0 Å². The third-order valence-corrected chi connectivity index (χ3v) is 4.49. The maximum atomic E-state index is 11.9. The van der Waals surface area contributed by atoms with Crippen LogP contribution in [0.25, 0.3) is 11.4 Å². The first kappa shape index (κ1) is 15.7. The van der Waals surface area contributed by atoms with Crippen LogP contribution in [0.15, 0.2) is 36.7 Å². The smallest absolute Gasteiger partial charge is 0.220 e. The standard InChI is InChI=1S/C18H24N4O/c23-18(9-8-15-5-1-2-6-15)20-12-14-22-13-10-17(21-22)16-7-3-4-11-19-16/h3-4,7,10-11,13,15H,1-2,5-6,8-9,12,14H2,(H,20,23). The molecule has 0 aromatic carbocycles. The molecule has 0 bridgehead atoms. The molecule has 2 aromatic rings. The van der Waals surface area contributed by atoms with Crippen molar-refractivity contribution in [1.29, 1.82) is 0 Å². The van der Waals surface area contributed by atoms with Crippen LogP contribution in [0.4, 0.5) is 0 Å². The number of aromatic nitrogens is 3. The monoisotopic (exact) mass is 312 g/mol. The van der Waals surface area contributed by atoms with Gasteiger partial charge in [-0.2, -0.15) is 5.10 Å². The zero-order valence-corrected chi connectivity index (χ0v) is 13.4. The van der Waals surface area contributed by atoms with E-state index in [2.05, 4.69) is 15.4 Å². The molecule has 3 rings (SSSR count). The highest BCUT2D eigenvalue weighted by molar-refractivity contribution is 5.75. The van der Waals surface area contributed by atoms with Crippen molar-refractivity contribution in [2.75, 3.05) is 6.54 Å². The van der Waals surface area contributed by atoms with Gasteiger partial charge in [-0.15, -0.1) is 0 Å². The van der Waals surface area contributed by atoms with E-state index in [1.165, 1.54) is 25.7 Å². The molecule has 1 N–H and O–H groups in total. The van der Waals surface area contributed by atoms with Gasteiger partial charge in [0.25, 0.3) is 0 Å². The summed E-state index contributed by atoms with van der Waals surface area (Å²) in [6.07, 6.45) is 10.7. The third kappa shape index (κ3) is 4.65. The molecule has 2 aromatic heterocycles. The Labute approximate surface area is 137 Å². The van der Waals surface area contributed by atoms with E-state index in [1.807, 2.05) is 35.1 Å². The minimum absolute atomic E-state index is 0.161. The Balaban J connectivity index is 1.39. The number of hydrogen-bond acceptors (Lipinski definition) is 3. The summed E-state index contributed by atoms with van der Waals surface area (Å²) >= 11 is 0. The number of nitrogens with one attached hydrogen (secondary N) is 1. The third-order valence-electron chi connectivity index (χ3n) is 4.49. The lowest BCUT2D eigenvalue weighted by atomic mass is 10.0. The van der Waals surface area contributed by atoms with E-state index in [0.29, 0.717) is 19.5 Å². The Hall–Kier alpha value is -2.17. The molecule has 5 heteroatoms. The molecule has 23 heavy (non-hydrogen) atoms. The molecular formula is C18H24N4O. The predicted octanol–water partition coefficient (Wildman–Crippen LogP) is 3.03. The summed E-state index contributed by atoms with van der Waals surface area (Å²) < 4.78 is 1.85. The fourth-order valence-electron chi connectivity index (χ4n) is 3.17. The van der Waals surface area contributed by atoms with Gasteiger partial charge >= 0.3 is 0 Å². The maximum Gasteiger partial charge on any atom is 0.220 e. The molecule has 5 nitrogen and oxygen atoms in total. The molecule has 1 amide bonds. The van der Waals surface area contributed by atoms with E-state index in [-0.39, 0.29) is 5.91 Å². The zero-order chi connectivity index (χ0) is 15.9. The fraction of sp³-hybridized carbons (Fsp3) is 0.500. The minimum Gasteiger partial charge on any atom is -0.354 e. The van der Waals surface area contributed by atoms with Crippen LogP contribution in [0, 0.1) is 5.92 Å². The zero-order valence-electron chi connectivity index (χ0n) is 13.4. The number of hydrogen-bond donors (Lipinski definition) is 1. The Kier molecular flexibility index (Phi) is 5.40. The van der Waals surface area contributed by atoms with Crippen LogP contribution in [-0.2, 0) is 11.3 Å². The van der Waals surface area contributed by atoms with Crippen LogP contribution in [0.3, 0.4) is 0 Å². The van der Waals surface area contributed by atoms with Crippen molar-refractivity contribution in [3.8, 4) is 11.4 Å². The normalized spacial score (nSPS) is 15.0. The van der Waals surface area contributed by atoms with Gasteiger partial charge < -0.3 is 5.32 Å². The molecular weight excluding hydrogens is 288 g/mol. The lowest BCUT2D eigenvalue weighted by Crippen LogP contribution is -2.27. The second-order valence-corrected chi connectivity index (χ2v) is 6.22. The highest BCUT2D eigenvalue weighted by Gasteiger charge is 2.15. The largest absolute Gasteiger partial charge is 0.354 e. The summed E-state index contributed by atoms with van der Waals surface area (Å²) in [7, 11) is 0. The van der Waals surface area contributed by atoms with Crippen LogP contribution >= 0.6 is 0 Å². The summed E-state index contributed by atoms with van der Waals surface area (Å²) in [5.41, 5.74) is 1.73. The van der Waals surface area contributed by atoms with Crippen molar-refractivity contribution in [2.24, 2.45) is 5.92 Å². The Bertz CT molecular complexity index is 617. The molecule has 0 radical (unpaired) electrons. The van der Waals surface area contributed by atoms with Gasteiger partial charge in [-0.05, 0) is 30.5 Å². The first-order valence-corrected chi connectivity index (χ1v) is 8.53. The maximum absolute atomic E-state index is 11.9. The lowest BCUT2D eigenvalue weighted by molar-refractivity contribution is -0.121. The molecule has 1 saturated carbocycles. The highest BCUT2D eigenvalue weighted by Crippen LogP contribution is 2.28. The minimum atomic E-state index is 0.161. The molecule has 1 aliphatic carbocycles. The SMILES string of the molecule is O=C(CCC1CCCC1)NCCn1ccc(-c2ccccn2)n1. The summed E-state index contributed by atoms with van der Waals surface area (Å²) in [5.74, 6) is 0.932. The van der Waals surface area contributed by atoms with Gasteiger partial charge in [-0.3, -0.25) is 14.5 Å². The van der Waals surface area contributed by atoms with Crippen LogP contribution in [0.2, 0.25) is 0 Å². The van der Waals surface area contributed by atoms with Crippen molar-refractivity contribution in [3.05, 3.63) is 36.7 Å². The van der Waals surface area contributed by atoms with Crippen molar-refractivity contribution in [2.45, 2.75) is 45.1 Å². The average molecular weight is 312 g/mol. The number of amides is 1. The number of nitrogens with zero attached hydrogens (tertiary/aromatic N) is 3. The van der Waals surface area contributed by atoms with Gasteiger partial charge in [0.2, 0.25) is 5.91 Å². The number of rotatable bonds is 7. The van der Waals surface area contributed by atoms with Crippen LogP contribution in [0.5, 0.6) is 0 Å². The van der Waals surface area contributed by atoms with Gasteiger partial charge in [0.1, 0.15) is 5.69 Å². The van der Waals surface area contributed by atoms with E-state index in [0.717, 1.165) is 23.7 Å². The Morgan fingerprint density at radius 1 is 1.22 bits per heavy atom. The Morgan fingerprint density at radius 3 is 2.87 bits per heavy atom. The number of carbonyl (C=O) groups excluding carboxylic acids is 1. The molecule has 122 valence electrons. The second-order valence-electron chi connectivity index (χ2n) is 6.22. The molecule has 0 spiro atoms. The quantitative estimate of drug-likeness (QED) is 0.855. The average Bonchev–Trinajstić information content (AvgIpc) is 3.26. The summed E-state index contributed by atoms with van der Waals surface area (Å²) in [4.78, 5) is 16.2. The van der Waals surface area contributed by atoms with Gasteiger partial charge in [0.05, 0.1) is 12.2 Å². The second kappa shape index (κ2) is 7.90. The lowest BCUT2D eigenvalue weighted by Gasteiger charge is -2.09. The van der Waals surface area contributed by atoms with E-state index in [9.17, 15) is 4.79 Å². The molecule has 0 aliphatic heterocycles. The van der Waals surface area contributed by atoms with Crippen LogP contribution < -0.4 is 5.32 Å². The van der Waals surface area contributed by atoms with Crippen LogP contribution in [0.1, 0.15) is 38.5 Å². The molecule has 2 heterocycles. The van der Waals surface area contributed by atoms with E-state index in [4.69, 9.17) is 0 Å².